The minimum Gasteiger partial charge on any atom is -0.376 e. The lowest BCUT2D eigenvalue weighted by atomic mass is 10.1. The lowest BCUT2D eigenvalue weighted by molar-refractivity contribution is -0.145. The Hall–Kier alpha value is -1.25. The first-order chi connectivity index (χ1) is 9.90. The second-order valence-corrected chi connectivity index (χ2v) is 5.11. The Morgan fingerprint density at radius 1 is 1.48 bits per heavy atom. The molecule has 1 aromatic heterocycles. The van der Waals surface area contributed by atoms with E-state index in [2.05, 4.69) is 14.9 Å². The highest BCUT2D eigenvalue weighted by Crippen LogP contribution is 2.26. The molecule has 2 rings (SSSR count). The number of hydrogen-bond donors (Lipinski definition) is 1. The summed E-state index contributed by atoms with van der Waals surface area (Å²) in [6.45, 7) is 4.71. The van der Waals surface area contributed by atoms with Gasteiger partial charge in [0.25, 0.3) is 0 Å². The average Bonchev–Trinajstić information content (AvgIpc) is 2.41. The van der Waals surface area contributed by atoms with Crippen molar-refractivity contribution in [3.8, 4) is 0 Å². The lowest BCUT2D eigenvalue weighted by Gasteiger charge is -2.33. The van der Waals surface area contributed by atoms with E-state index < -0.39 is 12.0 Å². The largest absolute Gasteiger partial charge is 0.451 e. The number of rotatable bonds is 4. The quantitative estimate of drug-likeness (QED) is 0.910. The van der Waals surface area contributed by atoms with Gasteiger partial charge >= 0.3 is 6.18 Å². The Bertz CT molecular complexity index is 479. The van der Waals surface area contributed by atoms with E-state index in [1.807, 2.05) is 0 Å². The van der Waals surface area contributed by atoms with Gasteiger partial charge in [0.15, 0.2) is 0 Å². The van der Waals surface area contributed by atoms with E-state index in [1.54, 1.807) is 6.92 Å². The predicted octanol–water partition coefficient (Wildman–Crippen LogP) is 1.35. The molecule has 0 radical (unpaired) electrons. The van der Waals surface area contributed by atoms with Crippen LogP contribution in [0.5, 0.6) is 0 Å². The van der Waals surface area contributed by atoms with Gasteiger partial charge in [0.05, 0.1) is 12.7 Å². The van der Waals surface area contributed by atoms with Crippen molar-refractivity contribution in [1.29, 1.82) is 0 Å². The van der Waals surface area contributed by atoms with Crippen LogP contribution in [-0.2, 0) is 17.5 Å². The van der Waals surface area contributed by atoms with E-state index in [9.17, 15) is 13.2 Å². The third-order valence-electron chi connectivity index (χ3n) is 3.44. The zero-order valence-electron chi connectivity index (χ0n) is 11.9. The molecule has 21 heavy (non-hydrogen) atoms. The fourth-order valence-corrected chi connectivity index (χ4v) is 2.31. The molecule has 0 bridgehead atoms. The van der Waals surface area contributed by atoms with Crippen LogP contribution in [0.2, 0.25) is 0 Å². The molecule has 0 aliphatic carbocycles. The van der Waals surface area contributed by atoms with Gasteiger partial charge in [-0.15, -0.1) is 0 Å². The van der Waals surface area contributed by atoms with Crippen LogP contribution in [0.1, 0.15) is 23.5 Å². The zero-order valence-corrected chi connectivity index (χ0v) is 11.9. The van der Waals surface area contributed by atoms with E-state index in [4.69, 9.17) is 10.5 Å². The molecule has 1 aromatic rings. The average molecular weight is 304 g/mol. The summed E-state index contributed by atoms with van der Waals surface area (Å²) in [5.74, 6) is -1.09. The summed E-state index contributed by atoms with van der Waals surface area (Å²) in [5.41, 5.74) is 6.58. The van der Waals surface area contributed by atoms with Crippen LogP contribution in [0.4, 0.5) is 13.2 Å². The summed E-state index contributed by atoms with van der Waals surface area (Å²) >= 11 is 0. The van der Waals surface area contributed by atoms with Crippen molar-refractivity contribution in [2.75, 3.05) is 26.2 Å². The minimum atomic E-state index is -4.51. The molecule has 0 saturated carbocycles. The first-order valence-electron chi connectivity index (χ1n) is 6.84. The summed E-state index contributed by atoms with van der Waals surface area (Å²) in [7, 11) is 0. The van der Waals surface area contributed by atoms with Crippen LogP contribution in [0.15, 0.2) is 6.20 Å². The van der Waals surface area contributed by atoms with Gasteiger partial charge in [0.1, 0.15) is 0 Å². The van der Waals surface area contributed by atoms with Crippen LogP contribution < -0.4 is 5.73 Å². The van der Waals surface area contributed by atoms with E-state index in [1.165, 1.54) is 6.20 Å². The summed E-state index contributed by atoms with van der Waals surface area (Å²) < 4.78 is 43.2. The van der Waals surface area contributed by atoms with Gasteiger partial charge in [0, 0.05) is 37.1 Å². The number of morpholine rings is 1. The van der Waals surface area contributed by atoms with E-state index in [-0.39, 0.29) is 6.10 Å². The third-order valence-corrected chi connectivity index (χ3v) is 3.44. The van der Waals surface area contributed by atoms with Gasteiger partial charge in [-0.25, -0.2) is 9.97 Å². The van der Waals surface area contributed by atoms with Gasteiger partial charge in [-0.2, -0.15) is 13.2 Å². The zero-order chi connectivity index (χ0) is 15.5. The molecule has 2 N–H and O–H groups in total. The molecule has 0 amide bonds. The van der Waals surface area contributed by atoms with Gasteiger partial charge in [-0.1, -0.05) is 0 Å². The van der Waals surface area contributed by atoms with Crippen molar-refractivity contribution in [3.63, 3.8) is 0 Å². The standard InChI is InChI=1S/C13H19F3N4O/c1-9-10(6-18-12(19-9)13(14,15)16)7-20-4-5-21-11(8-20)2-3-17/h6,11H,2-5,7-8,17H2,1H3/t11-/m0/s1. The van der Waals surface area contributed by atoms with E-state index in [0.717, 1.165) is 19.5 Å². The molecule has 2 heterocycles. The molecule has 118 valence electrons. The minimum absolute atomic E-state index is 0.0828. The maximum atomic E-state index is 12.5. The van der Waals surface area contributed by atoms with Crippen molar-refractivity contribution in [1.82, 2.24) is 14.9 Å². The van der Waals surface area contributed by atoms with Crippen molar-refractivity contribution < 1.29 is 17.9 Å². The van der Waals surface area contributed by atoms with Gasteiger partial charge in [0.2, 0.25) is 5.82 Å². The van der Waals surface area contributed by atoms with Crippen molar-refractivity contribution >= 4 is 0 Å². The fourth-order valence-electron chi connectivity index (χ4n) is 2.31. The van der Waals surface area contributed by atoms with Crippen LogP contribution in [0.25, 0.3) is 0 Å². The molecule has 0 unspecified atom stereocenters. The Morgan fingerprint density at radius 2 is 2.24 bits per heavy atom. The first-order valence-corrected chi connectivity index (χ1v) is 6.84. The molecule has 1 aliphatic heterocycles. The normalized spacial score (nSPS) is 20.7. The molecule has 1 aliphatic rings. The second-order valence-electron chi connectivity index (χ2n) is 5.11. The number of ether oxygens (including phenoxy) is 1. The fraction of sp³-hybridized carbons (Fsp3) is 0.692. The molecular formula is C13H19F3N4O. The lowest BCUT2D eigenvalue weighted by Crippen LogP contribution is -2.42. The summed E-state index contributed by atoms with van der Waals surface area (Å²) in [6.07, 6.45) is -2.38. The van der Waals surface area contributed by atoms with Gasteiger partial charge in [-0.3, -0.25) is 4.90 Å². The number of hydrogen-bond acceptors (Lipinski definition) is 5. The SMILES string of the molecule is Cc1nc(C(F)(F)F)ncc1CN1CCO[C@@H](CCN)C1. The monoisotopic (exact) mass is 304 g/mol. The van der Waals surface area contributed by atoms with Crippen LogP contribution in [0, 0.1) is 6.92 Å². The number of aromatic nitrogens is 2. The number of halogens is 3. The van der Waals surface area contributed by atoms with E-state index >= 15 is 0 Å². The molecule has 0 spiro atoms. The molecular weight excluding hydrogens is 285 g/mol. The summed E-state index contributed by atoms with van der Waals surface area (Å²) in [4.78, 5) is 9.10. The highest BCUT2D eigenvalue weighted by Gasteiger charge is 2.35. The molecule has 1 atom stereocenters. The number of nitrogens with zero attached hydrogens (tertiary/aromatic N) is 3. The Labute approximate surface area is 121 Å². The number of alkyl halides is 3. The number of nitrogens with two attached hydrogens (primary N) is 1. The summed E-state index contributed by atoms with van der Waals surface area (Å²) in [6, 6.07) is 0. The van der Waals surface area contributed by atoms with Crippen LogP contribution in [0.3, 0.4) is 0 Å². The molecule has 8 heteroatoms. The predicted molar refractivity (Wildman–Crippen MR) is 70.5 cm³/mol. The van der Waals surface area contributed by atoms with Gasteiger partial charge < -0.3 is 10.5 Å². The molecule has 0 aromatic carbocycles. The highest BCUT2D eigenvalue weighted by atomic mass is 19.4. The second kappa shape index (κ2) is 6.67. The smallest absolute Gasteiger partial charge is 0.376 e. The van der Waals surface area contributed by atoms with Crippen molar-refractivity contribution in [2.45, 2.75) is 32.2 Å². The maximum Gasteiger partial charge on any atom is 0.451 e. The highest BCUT2D eigenvalue weighted by molar-refractivity contribution is 5.17. The van der Waals surface area contributed by atoms with Crippen LogP contribution in [-0.4, -0.2) is 47.2 Å². The third kappa shape index (κ3) is 4.36. The molecule has 1 fully saturated rings. The Balaban J connectivity index is 2.02. The van der Waals surface area contributed by atoms with Crippen molar-refractivity contribution in [2.24, 2.45) is 5.73 Å². The number of aryl methyl sites for hydroxylation is 1. The molecule has 5 nitrogen and oxygen atoms in total. The Morgan fingerprint density at radius 3 is 2.86 bits per heavy atom. The van der Waals surface area contributed by atoms with E-state index in [0.29, 0.717) is 31.0 Å². The maximum absolute atomic E-state index is 12.5. The topological polar surface area (TPSA) is 64.3 Å². The Kier molecular flexibility index (Phi) is 5.13. The van der Waals surface area contributed by atoms with Crippen LogP contribution >= 0.6 is 0 Å². The van der Waals surface area contributed by atoms with Crippen molar-refractivity contribution in [3.05, 3.63) is 23.3 Å². The molecule has 1 saturated heterocycles. The summed E-state index contributed by atoms with van der Waals surface area (Å²) in [5, 5.41) is 0. The van der Waals surface area contributed by atoms with Gasteiger partial charge in [-0.05, 0) is 19.9 Å². The first kappa shape index (κ1) is 16.1.